The first-order chi connectivity index (χ1) is 12.6. The fourth-order valence-electron chi connectivity index (χ4n) is 2.78. The lowest BCUT2D eigenvalue weighted by Crippen LogP contribution is -2.28. The number of hydrogen-bond acceptors (Lipinski definition) is 8. The summed E-state index contributed by atoms with van der Waals surface area (Å²) in [6.07, 6.45) is -1.57. The minimum absolute atomic E-state index is 0.00589. The molecule has 136 valence electrons. The second-order valence-electron chi connectivity index (χ2n) is 5.77. The topological polar surface area (TPSA) is 115 Å². The minimum atomic E-state index is -1.13. The fraction of sp³-hybridized carbons (Fsp3) is 0.312. The third-order valence-electron chi connectivity index (χ3n) is 4.11. The van der Waals surface area contributed by atoms with E-state index in [1.807, 2.05) is 0 Å². The van der Waals surface area contributed by atoms with Crippen LogP contribution in [0.5, 0.6) is 6.01 Å². The highest BCUT2D eigenvalue weighted by molar-refractivity contribution is 5.85. The monoisotopic (exact) mass is 361 g/mol. The normalized spacial score (nSPS) is 22.7. The highest BCUT2D eigenvalue weighted by atomic mass is 19.1. The van der Waals surface area contributed by atoms with Gasteiger partial charge < -0.3 is 25.0 Å². The maximum Gasteiger partial charge on any atom is 0.320 e. The predicted octanol–water partition coefficient (Wildman–Crippen LogP) is 0.968. The summed E-state index contributed by atoms with van der Waals surface area (Å²) < 4.78 is 26.0. The van der Waals surface area contributed by atoms with Crippen LogP contribution in [0.15, 0.2) is 30.6 Å². The van der Waals surface area contributed by atoms with E-state index >= 15 is 0 Å². The van der Waals surface area contributed by atoms with E-state index in [2.05, 4.69) is 20.3 Å². The van der Waals surface area contributed by atoms with Gasteiger partial charge in [0.05, 0.1) is 25.7 Å². The molecule has 2 aromatic heterocycles. The predicted molar refractivity (Wildman–Crippen MR) is 88.6 cm³/mol. The smallest absolute Gasteiger partial charge is 0.320 e. The maximum atomic E-state index is 14.0. The first kappa shape index (κ1) is 16.6. The number of nitrogens with zero attached hydrogens (tertiary/aromatic N) is 4. The summed E-state index contributed by atoms with van der Waals surface area (Å²) in [6, 6.07) is 6.18. The van der Waals surface area contributed by atoms with Crippen molar-refractivity contribution in [2.75, 3.05) is 19.0 Å². The Morgan fingerprint density at radius 2 is 2.12 bits per heavy atom. The third kappa shape index (κ3) is 2.73. The average Bonchev–Trinajstić information content (AvgIpc) is 3.20. The number of fused-ring (bicyclic) bond motifs is 1. The number of aliphatic hydroxyl groups is 2. The molecular weight excluding hydrogens is 345 g/mol. The third-order valence-corrected chi connectivity index (χ3v) is 4.11. The Bertz CT molecular complexity index is 950. The number of aliphatic hydroxyl groups excluding tert-OH is 2. The molecule has 3 unspecified atom stereocenters. The summed E-state index contributed by atoms with van der Waals surface area (Å²) in [5.74, 6) is -0.209. The molecule has 3 atom stereocenters. The van der Waals surface area contributed by atoms with Crippen LogP contribution in [0.2, 0.25) is 0 Å². The Kier molecular flexibility index (Phi) is 4.15. The summed E-state index contributed by atoms with van der Waals surface area (Å²) in [5, 5.41) is 22.7. The van der Waals surface area contributed by atoms with Crippen molar-refractivity contribution in [3.05, 3.63) is 36.4 Å². The first-order valence-electron chi connectivity index (χ1n) is 7.86. The molecule has 1 saturated heterocycles. The summed E-state index contributed by atoms with van der Waals surface area (Å²) in [7, 11) is 1.40. The lowest BCUT2D eigenvalue weighted by atomic mass is 10.2. The van der Waals surface area contributed by atoms with Gasteiger partial charge in [0.1, 0.15) is 18.0 Å². The number of aromatic nitrogens is 4. The van der Waals surface area contributed by atoms with Crippen molar-refractivity contribution >= 4 is 22.7 Å². The number of methoxy groups -OCH3 is 1. The summed E-state index contributed by atoms with van der Waals surface area (Å²) in [6.45, 7) is -0.00589. The molecule has 0 saturated carbocycles. The standard InChI is InChI=1S/C16H16FN5O4/c1-25-16-20-13(19-9-5-3-2-4-8(9)17)11-14(21-16)22(7-18-11)15-12(24)10(23)6-26-15/h2-5,7,10,12,15,23-24H,6H2,1H3,(H,19,20,21). The molecule has 1 fully saturated rings. The number of rotatable bonds is 4. The van der Waals surface area contributed by atoms with Gasteiger partial charge in [-0.05, 0) is 12.1 Å². The molecule has 3 aromatic rings. The Hall–Kier alpha value is -2.82. The number of benzene rings is 1. The Morgan fingerprint density at radius 1 is 1.31 bits per heavy atom. The van der Waals surface area contributed by atoms with E-state index < -0.39 is 24.3 Å². The fourth-order valence-corrected chi connectivity index (χ4v) is 2.78. The van der Waals surface area contributed by atoms with Crippen LogP contribution < -0.4 is 10.1 Å². The van der Waals surface area contributed by atoms with E-state index in [9.17, 15) is 14.6 Å². The van der Waals surface area contributed by atoms with Crippen molar-refractivity contribution in [2.24, 2.45) is 0 Å². The molecular formula is C16H16FN5O4. The molecule has 0 aliphatic carbocycles. The number of halogens is 1. The number of nitrogens with one attached hydrogen (secondary N) is 1. The SMILES string of the molecule is COc1nc(Nc2ccccc2F)c2ncn(C3OCC(O)C3O)c2n1. The van der Waals surface area contributed by atoms with Crippen LogP contribution in [0.25, 0.3) is 11.2 Å². The molecule has 9 nitrogen and oxygen atoms in total. The van der Waals surface area contributed by atoms with E-state index in [4.69, 9.17) is 9.47 Å². The Morgan fingerprint density at radius 3 is 2.81 bits per heavy atom. The summed E-state index contributed by atoms with van der Waals surface area (Å²) >= 11 is 0. The van der Waals surface area contributed by atoms with Gasteiger partial charge in [0, 0.05) is 0 Å². The largest absolute Gasteiger partial charge is 0.467 e. The molecule has 10 heteroatoms. The molecule has 0 spiro atoms. The zero-order valence-electron chi connectivity index (χ0n) is 13.7. The van der Waals surface area contributed by atoms with Gasteiger partial charge in [-0.1, -0.05) is 12.1 Å². The van der Waals surface area contributed by atoms with Crippen molar-refractivity contribution in [1.29, 1.82) is 0 Å². The maximum absolute atomic E-state index is 14.0. The van der Waals surface area contributed by atoms with Crippen LogP contribution >= 0.6 is 0 Å². The van der Waals surface area contributed by atoms with E-state index in [-0.39, 0.29) is 24.1 Å². The molecule has 3 N–H and O–H groups in total. The van der Waals surface area contributed by atoms with Crippen LogP contribution in [0.1, 0.15) is 6.23 Å². The quantitative estimate of drug-likeness (QED) is 0.630. The molecule has 4 rings (SSSR count). The van der Waals surface area contributed by atoms with Crippen LogP contribution in [-0.4, -0.2) is 55.7 Å². The van der Waals surface area contributed by atoms with Crippen LogP contribution in [0.4, 0.5) is 15.9 Å². The van der Waals surface area contributed by atoms with Gasteiger partial charge in [0.25, 0.3) is 0 Å². The highest BCUT2D eigenvalue weighted by Crippen LogP contribution is 2.31. The van der Waals surface area contributed by atoms with Crippen molar-refractivity contribution in [2.45, 2.75) is 18.4 Å². The second kappa shape index (κ2) is 6.48. The van der Waals surface area contributed by atoms with E-state index in [1.54, 1.807) is 18.2 Å². The van der Waals surface area contributed by atoms with Crippen LogP contribution in [0.3, 0.4) is 0 Å². The zero-order valence-corrected chi connectivity index (χ0v) is 13.7. The number of para-hydroxylation sites is 1. The van der Waals surface area contributed by atoms with Crippen LogP contribution in [-0.2, 0) is 4.74 Å². The lowest BCUT2D eigenvalue weighted by molar-refractivity contribution is -0.0163. The Labute approximate surface area is 147 Å². The zero-order chi connectivity index (χ0) is 18.3. The van der Waals surface area contributed by atoms with Gasteiger partial charge in [-0.3, -0.25) is 4.57 Å². The summed E-state index contributed by atoms with van der Waals surface area (Å²) in [5.41, 5.74) is 0.872. The Balaban J connectivity index is 1.80. The highest BCUT2D eigenvalue weighted by Gasteiger charge is 2.37. The average molecular weight is 361 g/mol. The second-order valence-corrected chi connectivity index (χ2v) is 5.77. The van der Waals surface area contributed by atoms with Gasteiger partial charge in [0.2, 0.25) is 0 Å². The van der Waals surface area contributed by atoms with Gasteiger partial charge in [0.15, 0.2) is 23.2 Å². The first-order valence-corrected chi connectivity index (χ1v) is 7.86. The number of imidazole rings is 1. The van der Waals surface area contributed by atoms with Crippen molar-refractivity contribution < 1.29 is 24.1 Å². The number of hydrogen-bond donors (Lipinski definition) is 3. The molecule has 0 bridgehead atoms. The molecule has 1 aliphatic heterocycles. The van der Waals surface area contributed by atoms with Gasteiger partial charge >= 0.3 is 6.01 Å². The van der Waals surface area contributed by atoms with Crippen molar-refractivity contribution in [3.8, 4) is 6.01 Å². The van der Waals surface area contributed by atoms with Crippen LogP contribution in [0, 0.1) is 5.82 Å². The minimum Gasteiger partial charge on any atom is -0.467 e. The summed E-state index contributed by atoms with van der Waals surface area (Å²) in [4.78, 5) is 12.7. The molecule has 1 aliphatic rings. The lowest BCUT2D eigenvalue weighted by Gasteiger charge is -2.17. The molecule has 26 heavy (non-hydrogen) atoms. The molecule has 0 radical (unpaired) electrons. The van der Waals surface area contributed by atoms with E-state index in [1.165, 1.54) is 24.1 Å². The van der Waals surface area contributed by atoms with Gasteiger partial charge in [-0.15, -0.1) is 0 Å². The molecule has 3 heterocycles. The molecule has 1 aromatic carbocycles. The van der Waals surface area contributed by atoms with Gasteiger partial charge in [-0.2, -0.15) is 9.97 Å². The number of anilines is 2. The number of ether oxygens (including phenoxy) is 2. The van der Waals surface area contributed by atoms with Crippen molar-refractivity contribution in [3.63, 3.8) is 0 Å². The van der Waals surface area contributed by atoms with E-state index in [0.29, 0.717) is 11.2 Å². The van der Waals surface area contributed by atoms with Crippen molar-refractivity contribution in [1.82, 2.24) is 19.5 Å². The van der Waals surface area contributed by atoms with Gasteiger partial charge in [-0.25, -0.2) is 9.37 Å². The molecule has 0 amide bonds. The van der Waals surface area contributed by atoms with E-state index in [0.717, 1.165) is 0 Å².